The maximum absolute atomic E-state index is 5.44. The van der Waals surface area contributed by atoms with Crippen molar-refractivity contribution in [1.82, 2.24) is 9.55 Å². The number of halogens is 1. The van der Waals surface area contributed by atoms with Gasteiger partial charge in [0.05, 0.1) is 11.0 Å². The minimum Gasteiger partial charge on any atom is -0.331 e. The maximum Gasteiger partial charge on any atom is 0.178 e. The zero-order chi connectivity index (χ0) is 13.5. The fourth-order valence-corrected chi connectivity index (χ4v) is 2.52. The molecule has 0 amide bonds. The molecule has 1 heterocycles. The van der Waals surface area contributed by atoms with E-state index in [-0.39, 0.29) is 5.41 Å². The largest absolute Gasteiger partial charge is 0.331 e. The van der Waals surface area contributed by atoms with Gasteiger partial charge in [-0.1, -0.05) is 43.6 Å². The van der Waals surface area contributed by atoms with Crippen molar-refractivity contribution in [3.8, 4) is 0 Å². The first kappa shape index (κ1) is 13.8. The molecule has 0 aliphatic rings. The predicted molar refractivity (Wildman–Crippen MR) is 83.4 cm³/mol. The normalized spacial score (nSPS) is 12.6. The van der Waals surface area contributed by atoms with E-state index in [0.29, 0.717) is 5.92 Å². The van der Waals surface area contributed by atoms with Crippen molar-refractivity contribution in [3.05, 3.63) is 27.4 Å². The first-order valence-corrected chi connectivity index (χ1v) is 7.39. The smallest absolute Gasteiger partial charge is 0.178 e. The van der Waals surface area contributed by atoms with E-state index in [1.54, 1.807) is 0 Å². The van der Waals surface area contributed by atoms with Crippen molar-refractivity contribution in [2.24, 2.45) is 11.3 Å². The Labute approximate surface area is 122 Å². The maximum atomic E-state index is 5.44. The van der Waals surface area contributed by atoms with E-state index in [4.69, 9.17) is 12.2 Å². The molecule has 2 rings (SSSR count). The highest BCUT2D eigenvalue weighted by Crippen LogP contribution is 2.30. The van der Waals surface area contributed by atoms with E-state index in [0.717, 1.165) is 21.3 Å². The molecule has 0 aliphatic heterocycles. The summed E-state index contributed by atoms with van der Waals surface area (Å²) in [6.45, 7) is 10.0. The number of fused-ring (bicyclic) bond motifs is 1. The summed E-state index contributed by atoms with van der Waals surface area (Å²) in [5.41, 5.74) is 2.49. The molecule has 0 saturated carbocycles. The van der Waals surface area contributed by atoms with Crippen molar-refractivity contribution >= 4 is 39.2 Å². The summed E-state index contributed by atoms with van der Waals surface area (Å²) < 4.78 is 4.08. The van der Waals surface area contributed by atoms with Gasteiger partial charge in [-0.2, -0.15) is 0 Å². The Balaban J connectivity index is 2.52. The summed E-state index contributed by atoms with van der Waals surface area (Å²) in [7, 11) is 0. The Morgan fingerprint density at radius 2 is 2.06 bits per heavy atom. The van der Waals surface area contributed by atoms with Gasteiger partial charge in [0.15, 0.2) is 4.77 Å². The van der Waals surface area contributed by atoms with E-state index in [2.05, 4.69) is 71.4 Å². The zero-order valence-electron chi connectivity index (χ0n) is 11.2. The highest BCUT2D eigenvalue weighted by atomic mass is 79.9. The fourth-order valence-electron chi connectivity index (χ4n) is 1.88. The lowest BCUT2D eigenvalue weighted by molar-refractivity contribution is 0.212. The summed E-state index contributed by atoms with van der Waals surface area (Å²) in [4.78, 5) is 3.28. The molecule has 0 aliphatic carbocycles. The van der Waals surface area contributed by atoms with Crippen LogP contribution in [0.5, 0.6) is 0 Å². The van der Waals surface area contributed by atoms with Crippen LogP contribution in [-0.2, 0) is 6.54 Å². The molecule has 0 bridgehead atoms. The molecule has 2 nitrogen and oxygen atoms in total. The summed E-state index contributed by atoms with van der Waals surface area (Å²) >= 11 is 8.93. The van der Waals surface area contributed by atoms with Crippen LogP contribution in [0.25, 0.3) is 11.0 Å². The average molecular weight is 327 g/mol. The third kappa shape index (κ3) is 2.54. The van der Waals surface area contributed by atoms with Crippen molar-refractivity contribution in [2.45, 2.75) is 34.2 Å². The van der Waals surface area contributed by atoms with Crippen LogP contribution in [0.15, 0.2) is 22.7 Å². The SMILES string of the molecule is CC(C)C(C)(C)Cn1c(=S)[nH]c2cc(Br)ccc21. The average Bonchev–Trinajstić information content (AvgIpc) is 2.54. The molecular weight excluding hydrogens is 308 g/mol. The third-order valence-electron chi connectivity index (χ3n) is 3.86. The fraction of sp³-hybridized carbons (Fsp3) is 0.500. The molecule has 0 radical (unpaired) electrons. The molecule has 0 spiro atoms. The molecule has 2 aromatic rings. The van der Waals surface area contributed by atoms with E-state index >= 15 is 0 Å². The van der Waals surface area contributed by atoms with Gasteiger partial charge in [-0.05, 0) is 41.7 Å². The van der Waals surface area contributed by atoms with Crippen LogP contribution in [0.4, 0.5) is 0 Å². The van der Waals surface area contributed by atoms with Crippen LogP contribution in [0.1, 0.15) is 27.7 Å². The van der Waals surface area contributed by atoms with Gasteiger partial charge in [0.2, 0.25) is 0 Å². The van der Waals surface area contributed by atoms with Crippen LogP contribution < -0.4 is 0 Å². The summed E-state index contributed by atoms with van der Waals surface area (Å²) in [6, 6.07) is 6.25. The number of imidazole rings is 1. The quantitative estimate of drug-likeness (QED) is 0.774. The number of aromatic nitrogens is 2. The number of nitrogens with one attached hydrogen (secondary N) is 1. The van der Waals surface area contributed by atoms with Crippen LogP contribution in [0, 0.1) is 16.1 Å². The lowest BCUT2D eigenvalue weighted by Crippen LogP contribution is -2.25. The predicted octanol–water partition coefficient (Wildman–Crippen LogP) is 5.14. The number of H-pyrrole nitrogens is 1. The zero-order valence-corrected chi connectivity index (χ0v) is 13.7. The molecular formula is C14H19BrN2S. The van der Waals surface area contributed by atoms with E-state index in [1.807, 2.05) is 0 Å². The Hall–Kier alpha value is -0.610. The van der Waals surface area contributed by atoms with Crippen LogP contribution in [0.2, 0.25) is 0 Å². The van der Waals surface area contributed by atoms with E-state index in [1.165, 1.54) is 5.52 Å². The van der Waals surface area contributed by atoms with Gasteiger partial charge >= 0.3 is 0 Å². The third-order valence-corrected chi connectivity index (χ3v) is 4.68. The first-order chi connectivity index (χ1) is 8.31. The highest BCUT2D eigenvalue weighted by molar-refractivity contribution is 9.10. The molecule has 18 heavy (non-hydrogen) atoms. The van der Waals surface area contributed by atoms with Crippen LogP contribution in [0.3, 0.4) is 0 Å². The standard InChI is InChI=1S/C14H19BrN2S/c1-9(2)14(3,4)8-17-12-6-5-10(15)7-11(12)16-13(17)18/h5-7,9H,8H2,1-4H3,(H,16,18). The number of benzene rings is 1. The molecule has 1 N–H and O–H groups in total. The lowest BCUT2D eigenvalue weighted by Gasteiger charge is -2.29. The van der Waals surface area contributed by atoms with Crippen molar-refractivity contribution in [2.75, 3.05) is 0 Å². The topological polar surface area (TPSA) is 20.7 Å². The molecule has 0 saturated heterocycles. The van der Waals surface area contributed by atoms with Gasteiger partial charge in [0, 0.05) is 11.0 Å². The number of aromatic amines is 1. The van der Waals surface area contributed by atoms with Gasteiger partial charge in [0.25, 0.3) is 0 Å². The molecule has 98 valence electrons. The number of rotatable bonds is 3. The van der Waals surface area contributed by atoms with Crippen LogP contribution in [-0.4, -0.2) is 9.55 Å². The molecule has 0 unspecified atom stereocenters. The molecule has 1 aromatic heterocycles. The van der Waals surface area contributed by atoms with Gasteiger partial charge < -0.3 is 9.55 Å². The summed E-state index contributed by atoms with van der Waals surface area (Å²) in [5, 5.41) is 0. The van der Waals surface area contributed by atoms with E-state index in [9.17, 15) is 0 Å². The first-order valence-electron chi connectivity index (χ1n) is 6.19. The van der Waals surface area contributed by atoms with Gasteiger partial charge in [-0.25, -0.2) is 0 Å². The summed E-state index contributed by atoms with van der Waals surface area (Å²) in [6.07, 6.45) is 0. The Bertz CT molecular complexity index is 622. The van der Waals surface area contributed by atoms with E-state index < -0.39 is 0 Å². The second-order valence-electron chi connectivity index (χ2n) is 5.82. The second kappa shape index (κ2) is 4.82. The van der Waals surface area contributed by atoms with Crippen molar-refractivity contribution in [3.63, 3.8) is 0 Å². The van der Waals surface area contributed by atoms with Crippen molar-refractivity contribution in [1.29, 1.82) is 0 Å². The van der Waals surface area contributed by atoms with Crippen molar-refractivity contribution < 1.29 is 0 Å². The minimum atomic E-state index is 0.223. The number of hydrogen-bond donors (Lipinski definition) is 1. The Morgan fingerprint density at radius 1 is 1.39 bits per heavy atom. The Morgan fingerprint density at radius 3 is 2.67 bits per heavy atom. The molecule has 0 atom stereocenters. The van der Waals surface area contributed by atoms with Crippen LogP contribution >= 0.6 is 28.1 Å². The minimum absolute atomic E-state index is 0.223. The second-order valence-corrected chi connectivity index (χ2v) is 7.12. The van der Waals surface area contributed by atoms with Gasteiger partial charge in [-0.15, -0.1) is 0 Å². The van der Waals surface area contributed by atoms with Gasteiger partial charge in [0.1, 0.15) is 0 Å². The Kier molecular flexibility index (Phi) is 3.70. The number of nitrogens with zero attached hydrogens (tertiary/aromatic N) is 1. The monoisotopic (exact) mass is 326 g/mol. The summed E-state index contributed by atoms with van der Waals surface area (Å²) in [5.74, 6) is 0.611. The lowest BCUT2D eigenvalue weighted by atomic mass is 9.81. The highest BCUT2D eigenvalue weighted by Gasteiger charge is 2.24. The molecule has 4 heteroatoms. The number of hydrogen-bond acceptors (Lipinski definition) is 1. The molecule has 0 fully saturated rings. The molecule has 1 aromatic carbocycles. The van der Waals surface area contributed by atoms with Gasteiger partial charge in [-0.3, -0.25) is 0 Å².